The van der Waals surface area contributed by atoms with Crippen molar-refractivity contribution in [2.24, 2.45) is 11.8 Å². The third-order valence-electron chi connectivity index (χ3n) is 4.09. The van der Waals surface area contributed by atoms with Crippen LogP contribution in [0.3, 0.4) is 0 Å². The second-order valence-corrected chi connectivity index (χ2v) is 7.63. The van der Waals surface area contributed by atoms with Crippen molar-refractivity contribution in [2.75, 3.05) is 6.54 Å². The number of hydrogen-bond acceptors (Lipinski definition) is 7. The minimum Gasteiger partial charge on any atom is -0.460 e. The van der Waals surface area contributed by atoms with Gasteiger partial charge in [0.25, 0.3) is 5.91 Å². The molecule has 1 aliphatic heterocycles. The third-order valence-corrected chi connectivity index (χ3v) is 4.09. The van der Waals surface area contributed by atoms with Crippen molar-refractivity contribution < 1.29 is 23.9 Å². The van der Waals surface area contributed by atoms with Crippen LogP contribution >= 0.6 is 0 Å². The van der Waals surface area contributed by atoms with Crippen LogP contribution < -0.4 is 5.84 Å². The molecule has 1 aromatic rings. The summed E-state index contributed by atoms with van der Waals surface area (Å²) in [4.78, 5) is 40.8. The van der Waals surface area contributed by atoms with Gasteiger partial charge in [0.05, 0.1) is 6.54 Å². The van der Waals surface area contributed by atoms with E-state index in [2.05, 4.69) is 4.98 Å². The number of hydrogen-bond donors (Lipinski definition) is 1. The zero-order valence-corrected chi connectivity index (χ0v) is 16.0. The maximum atomic E-state index is 12.4. The Morgan fingerprint density at radius 3 is 2.70 bits per heavy atom. The van der Waals surface area contributed by atoms with Crippen LogP contribution in [0.1, 0.15) is 45.6 Å². The molecule has 1 fully saturated rings. The second kappa shape index (κ2) is 8.94. The number of pyridine rings is 1. The van der Waals surface area contributed by atoms with Crippen LogP contribution in [-0.2, 0) is 30.3 Å². The summed E-state index contributed by atoms with van der Waals surface area (Å²) in [5.41, 5.74) is 0.247. The van der Waals surface area contributed by atoms with E-state index in [4.69, 9.17) is 15.3 Å². The predicted molar refractivity (Wildman–Crippen MR) is 96.9 cm³/mol. The van der Waals surface area contributed by atoms with E-state index in [1.54, 1.807) is 39.2 Å². The van der Waals surface area contributed by atoms with E-state index in [9.17, 15) is 14.4 Å². The van der Waals surface area contributed by atoms with E-state index in [-0.39, 0.29) is 25.4 Å². The Balaban J connectivity index is 1.89. The van der Waals surface area contributed by atoms with Crippen LogP contribution in [0.15, 0.2) is 24.5 Å². The number of carbonyl (C=O) groups excluding carboxylic acids is 3. The van der Waals surface area contributed by atoms with Crippen LogP contribution in [0, 0.1) is 5.92 Å². The number of aryl methyl sites for hydroxylation is 1. The lowest BCUT2D eigenvalue weighted by Gasteiger charge is -2.24. The Labute approximate surface area is 159 Å². The lowest BCUT2D eigenvalue weighted by atomic mass is 10.0. The maximum absolute atomic E-state index is 12.4. The Morgan fingerprint density at radius 2 is 2.07 bits per heavy atom. The molecule has 0 unspecified atom stereocenters. The van der Waals surface area contributed by atoms with Gasteiger partial charge in [-0.1, -0.05) is 6.07 Å². The van der Waals surface area contributed by atoms with Crippen LogP contribution in [0.5, 0.6) is 0 Å². The number of rotatable bonds is 5. The maximum Gasteiger partial charge on any atom is 0.319 e. The Kier molecular flexibility index (Phi) is 6.90. The topological polar surface area (TPSA) is 112 Å². The molecule has 1 amide bonds. The summed E-state index contributed by atoms with van der Waals surface area (Å²) in [6.07, 6.45) is 4.13. The molecule has 27 heavy (non-hydrogen) atoms. The number of carbonyl (C=O) groups is 3. The summed E-state index contributed by atoms with van der Waals surface area (Å²) >= 11 is 0. The largest absolute Gasteiger partial charge is 0.460 e. The van der Waals surface area contributed by atoms with Crippen molar-refractivity contribution in [1.82, 2.24) is 9.99 Å². The van der Waals surface area contributed by atoms with Crippen molar-refractivity contribution in [2.45, 2.75) is 58.2 Å². The van der Waals surface area contributed by atoms with Crippen molar-refractivity contribution in [1.29, 1.82) is 0 Å². The molecule has 2 atom stereocenters. The molecule has 8 nitrogen and oxygen atoms in total. The molecular formula is C19H27N3O5. The fourth-order valence-electron chi connectivity index (χ4n) is 2.80. The number of aromatic nitrogens is 1. The van der Waals surface area contributed by atoms with E-state index in [1.165, 1.54) is 0 Å². The van der Waals surface area contributed by atoms with Crippen molar-refractivity contribution in [3.63, 3.8) is 0 Å². The molecule has 0 aliphatic carbocycles. The van der Waals surface area contributed by atoms with E-state index < -0.39 is 29.5 Å². The normalized spacial score (nSPS) is 20.7. The van der Waals surface area contributed by atoms with Crippen molar-refractivity contribution in [3.8, 4) is 0 Å². The molecule has 1 aliphatic rings. The molecule has 0 saturated carbocycles. The van der Waals surface area contributed by atoms with Gasteiger partial charge in [-0.3, -0.25) is 24.4 Å². The SMILES string of the molecule is CC(C)(C)OC(=O)[C@H]1CC[C@@H](OC(=O)CCc2cccnc2)CN(N)C1=O. The van der Waals surface area contributed by atoms with Gasteiger partial charge >= 0.3 is 11.9 Å². The molecule has 8 heteroatoms. The monoisotopic (exact) mass is 377 g/mol. The number of nitrogens with two attached hydrogens (primary N) is 1. The zero-order valence-electron chi connectivity index (χ0n) is 16.0. The molecule has 1 saturated heterocycles. The van der Waals surface area contributed by atoms with Gasteiger partial charge in [0.2, 0.25) is 0 Å². The quantitative estimate of drug-likeness (QED) is 0.357. The van der Waals surface area contributed by atoms with Gasteiger partial charge < -0.3 is 9.47 Å². The van der Waals surface area contributed by atoms with Crippen LogP contribution in [0.2, 0.25) is 0 Å². The molecule has 0 radical (unpaired) electrons. The van der Waals surface area contributed by atoms with E-state index in [1.807, 2.05) is 6.07 Å². The van der Waals surface area contributed by atoms with Crippen LogP contribution in [-0.4, -0.2) is 46.1 Å². The second-order valence-electron chi connectivity index (χ2n) is 7.63. The number of hydrazine groups is 1. The standard InChI is InChI=1S/C19H27N3O5/c1-19(2,3)27-18(25)15-8-7-14(12-22(20)17(15)24)26-16(23)9-6-13-5-4-10-21-11-13/h4-5,10-11,14-15H,6-9,12,20H2,1-3H3/t14-,15+/m1/s1. The van der Waals surface area contributed by atoms with Gasteiger partial charge in [0, 0.05) is 18.8 Å². The fourth-order valence-corrected chi connectivity index (χ4v) is 2.80. The fraction of sp³-hybridized carbons (Fsp3) is 0.579. The molecule has 2 heterocycles. The molecule has 0 spiro atoms. The predicted octanol–water partition coefficient (Wildman–Crippen LogP) is 1.38. The Hall–Kier alpha value is -2.48. The van der Waals surface area contributed by atoms with E-state index in [0.717, 1.165) is 10.6 Å². The molecule has 0 bridgehead atoms. The lowest BCUT2D eigenvalue weighted by molar-refractivity contribution is -0.165. The molecule has 148 valence electrons. The first-order chi connectivity index (χ1) is 12.7. The molecule has 1 aromatic heterocycles. The summed E-state index contributed by atoms with van der Waals surface area (Å²) in [6.45, 7) is 5.26. The van der Waals surface area contributed by atoms with Gasteiger partial charge in [-0.2, -0.15) is 0 Å². The van der Waals surface area contributed by atoms with E-state index in [0.29, 0.717) is 12.8 Å². The zero-order chi connectivity index (χ0) is 20.0. The summed E-state index contributed by atoms with van der Waals surface area (Å²) in [6, 6.07) is 3.69. The first-order valence-corrected chi connectivity index (χ1v) is 9.03. The van der Waals surface area contributed by atoms with E-state index >= 15 is 0 Å². The minimum absolute atomic E-state index is 0.0523. The molecule has 2 rings (SSSR count). The highest BCUT2D eigenvalue weighted by atomic mass is 16.6. The summed E-state index contributed by atoms with van der Waals surface area (Å²) in [5.74, 6) is 3.30. The highest BCUT2D eigenvalue weighted by molar-refractivity contribution is 5.97. The minimum atomic E-state index is -0.978. The number of esters is 2. The average Bonchev–Trinajstić information content (AvgIpc) is 2.72. The highest BCUT2D eigenvalue weighted by Crippen LogP contribution is 2.22. The number of amides is 1. The summed E-state index contributed by atoms with van der Waals surface area (Å²) in [5, 5.41) is 0.945. The molecular weight excluding hydrogens is 350 g/mol. The van der Waals surface area contributed by atoms with Crippen LogP contribution in [0.25, 0.3) is 0 Å². The number of nitrogens with zero attached hydrogens (tertiary/aromatic N) is 2. The van der Waals surface area contributed by atoms with Gasteiger partial charge in [0.1, 0.15) is 17.6 Å². The lowest BCUT2D eigenvalue weighted by Crippen LogP contribution is -2.46. The first kappa shape index (κ1) is 20.8. The van der Waals surface area contributed by atoms with Crippen LogP contribution in [0.4, 0.5) is 0 Å². The first-order valence-electron chi connectivity index (χ1n) is 9.03. The smallest absolute Gasteiger partial charge is 0.319 e. The van der Waals surface area contributed by atoms with Gasteiger partial charge in [-0.05, 0) is 51.7 Å². The van der Waals surface area contributed by atoms with Gasteiger partial charge in [-0.15, -0.1) is 0 Å². The third kappa shape index (κ3) is 6.63. The molecule has 0 aromatic carbocycles. The van der Waals surface area contributed by atoms with Crippen molar-refractivity contribution in [3.05, 3.63) is 30.1 Å². The molecule has 2 N–H and O–H groups in total. The Bertz CT molecular complexity index is 672. The summed E-state index contributed by atoms with van der Waals surface area (Å²) in [7, 11) is 0. The number of ether oxygens (including phenoxy) is 2. The summed E-state index contributed by atoms with van der Waals surface area (Å²) < 4.78 is 10.8. The van der Waals surface area contributed by atoms with Gasteiger partial charge in [-0.25, -0.2) is 5.84 Å². The Morgan fingerprint density at radius 1 is 1.33 bits per heavy atom. The average molecular weight is 377 g/mol. The highest BCUT2D eigenvalue weighted by Gasteiger charge is 2.38. The van der Waals surface area contributed by atoms with Gasteiger partial charge in [0.15, 0.2) is 0 Å². The van der Waals surface area contributed by atoms with Crippen molar-refractivity contribution >= 4 is 17.8 Å².